The normalized spacial score (nSPS) is 22.1. The Morgan fingerprint density at radius 2 is 1.79 bits per heavy atom. The van der Waals surface area contributed by atoms with E-state index in [0.29, 0.717) is 27.2 Å². The molecule has 2 saturated heterocycles. The molecular formula is C27H30BrF5N6O4. The highest BCUT2D eigenvalue weighted by Crippen LogP contribution is 2.41. The molecule has 1 N–H and O–H groups in total. The van der Waals surface area contributed by atoms with E-state index >= 15 is 8.78 Å². The second kappa shape index (κ2) is 11.4. The molecule has 1 aromatic carbocycles. The molecule has 0 spiro atoms. The van der Waals surface area contributed by atoms with E-state index in [0.717, 1.165) is 42.3 Å². The smallest absolute Gasteiger partial charge is 0.327 e. The molecule has 3 aliphatic rings. The third kappa shape index (κ3) is 5.83. The maximum Gasteiger partial charge on any atom is 0.493 e. The Morgan fingerprint density at radius 1 is 1.12 bits per heavy atom. The SMILES string of the molecule is CC(C)=CCN1c2c(n(C)c(=O)n(CC(F)(F)c3ccc(Br)cc3)c2=O)N(OC(=O)C(F)(F)F)C1N1CC2CCNC2C1. The highest BCUT2D eigenvalue weighted by Gasteiger charge is 2.53. The fourth-order valence-corrected chi connectivity index (χ4v) is 6.10. The van der Waals surface area contributed by atoms with Crippen molar-refractivity contribution in [3.05, 3.63) is 66.8 Å². The highest BCUT2D eigenvalue weighted by molar-refractivity contribution is 9.10. The fraction of sp³-hybridized carbons (Fsp3) is 0.519. The lowest BCUT2D eigenvalue weighted by Crippen LogP contribution is -2.57. The second-order valence-electron chi connectivity index (χ2n) is 11.2. The number of likely N-dealkylation sites (tertiary alicyclic amines) is 1. The van der Waals surface area contributed by atoms with Crippen molar-refractivity contribution in [2.24, 2.45) is 13.0 Å². The van der Waals surface area contributed by atoms with Crippen LogP contribution in [-0.4, -0.2) is 64.7 Å². The molecule has 5 rings (SSSR count). The van der Waals surface area contributed by atoms with Crippen LogP contribution in [0.5, 0.6) is 0 Å². The minimum Gasteiger partial charge on any atom is -0.327 e. The van der Waals surface area contributed by atoms with Crippen LogP contribution in [0.2, 0.25) is 0 Å². The monoisotopic (exact) mass is 676 g/mol. The molecule has 0 aliphatic carbocycles. The van der Waals surface area contributed by atoms with Crippen LogP contribution in [0.3, 0.4) is 0 Å². The molecule has 16 heteroatoms. The zero-order valence-electron chi connectivity index (χ0n) is 23.5. The van der Waals surface area contributed by atoms with Crippen molar-refractivity contribution in [2.75, 3.05) is 36.1 Å². The number of nitrogens with zero attached hydrogens (tertiary/aromatic N) is 5. The lowest BCUT2D eigenvalue weighted by molar-refractivity contribution is -0.203. The van der Waals surface area contributed by atoms with Gasteiger partial charge in [-0.2, -0.15) is 22.0 Å². The number of anilines is 2. The fourth-order valence-electron chi connectivity index (χ4n) is 5.83. The predicted octanol–water partition coefficient (Wildman–Crippen LogP) is 3.29. The lowest BCUT2D eigenvalue weighted by Gasteiger charge is -2.37. The van der Waals surface area contributed by atoms with E-state index in [4.69, 9.17) is 4.84 Å². The first kappa shape index (κ1) is 31.2. The van der Waals surface area contributed by atoms with E-state index < -0.39 is 53.5 Å². The van der Waals surface area contributed by atoms with Crippen LogP contribution in [0.1, 0.15) is 25.8 Å². The minimum absolute atomic E-state index is 0.0132. The van der Waals surface area contributed by atoms with E-state index in [1.807, 2.05) is 0 Å². The van der Waals surface area contributed by atoms with Crippen molar-refractivity contribution in [3.63, 3.8) is 0 Å². The summed E-state index contributed by atoms with van der Waals surface area (Å²) in [5, 5.41) is 3.95. The quantitative estimate of drug-likeness (QED) is 0.353. The van der Waals surface area contributed by atoms with Gasteiger partial charge in [-0.3, -0.25) is 18.8 Å². The lowest BCUT2D eigenvalue weighted by atomic mass is 10.1. The van der Waals surface area contributed by atoms with Crippen molar-refractivity contribution >= 4 is 33.4 Å². The topological polar surface area (TPSA) is 92.0 Å². The number of fused-ring (bicyclic) bond motifs is 2. The van der Waals surface area contributed by atoms with E-state index in [9.17, 15) is 27.6 Å². The van der Waals surface area contributed by atoms with Crippen molar-refractivity contribution < 1.29 is 31.6 Å². The van der Waals surface area contributed by atoms with Gasteiger partial charge in [-0.05, 0) is 44.9 Å². The minimum atomic E-state index is -5.39. The van der Waals surface area contributed by atoms with Crippen LogP contribution in [0.15, 0.2) is 50.0 Å². The van der Waals surface area contributed by atoms with E-state index in [1.54, 1.807) is 24.8 Å². The molecule has 0 radical (unpaired) electrons. The van der Waals surface area contributed by atoms with E-state index in [2.05, 4.69) is 21.2 Å². The summed E-state index contributed by atoms with van der Waals surface area (Å²) in [5.41, 5.74) is -2.34. The number of benzene rings is 1. The van der Waals surface area contributed by atoms with Gasteiger partial charge in [0.2, 0.25) is 0 Å². The summed E-state index contributed by atoms with van der Waals surface area (Å²) < 4.78 is 72.9. The Morgan fingerprint density at radius 3 is 2.40 bits per heavy atom. The molecule has 0 bridgehead atoms. The summed E-state index contributed by atoms with van der Waals surface area (Å²) >= 11 is 3.18. The Kier molecular flexibility index (Phi) is 8.24. The Labute approximate surface area is 251 Å². The van der Waals surface area contributed by atoms with Gasteiger partial charge < -0.3 is 15.1 Å². The molecule has 1 aromatic heterocycles. The van der Waals surface area contributed by atoms with Crippen LogP contribution in [0.4, 0.5) is 33.5 Å². The van der Waals surface area contributed by atoms with Crippen molar-refractivity contribution in [3.8, 4) is 0 Å². The number of hydrogen-bond donors (Lipinski definition) is 1. The van der Waals surface area contributed by atoms with E-state index in [-0.39, 0.29) is 24.2 Å². The summed E-state index contributed by atoms with van der Waals surface area (Å²) in [5.74, 6) is -6.50. The Hall–Kier alpha value is -3.24. The second-order valence-corrected chi connectivity index (χ2v) is 12.1. The molecule has 10 nitrogen and oxygen atoms in total. The summed E-state index contributed by atoms with van der Waals surface area (Å²) in [6.07, 6.45) is -4.13. The first-order valence-corrected chi connectivity index (χ1v) is 14.3. The summed E-state index contributed by atoms with van der Waals surface area (Å²) in [6.45, 7) is 3.69. The van der Waals surface area contributed by atoms with Gasteiger partial charge in [0.1, 0.15) is 0 Å². The maximum atomic E-state index is 15.4. The van der Waals surface area contributed by atoms with Gasteiger partial charge in [0.05, 0.1) is 6.54 Å². The number of nitrogens with one attached hydrogen (secondary N) is 1. The summed E-state index contributed by atoms with van der Waals surface area (Å²) in [6, 6.07) is 5.11. The number of carbonyl (C=O) groups excluding carboxylic acids is 1. The molecule has 4 heterocycles. The number of halogens is 6. The number of hydroxylamine groups is 1. The number of aromatic nitrogens is 2. The van der Waals surface area contributed by atoms with Crippen LogP contribution >= 0.6 is 15.9 Å². The maximum absolute atomic E-state index is 15.4. The zero-order valence-corrected chi connectivity index (χ0v) is 25.1. The number of alkyl halides is 5. The number of hydrogen-bond acceptors (Lipinski definition) is 8. The van der Waals surface area contributed by atoms with E-state index in [1.165, 1.54) is 17.0 Å². The van der Waals surface area contributed by atoms with Crippen LogP contribution in [0, 0.1) is 5.92 Å². The average molecular weight is 677 g/mol. The highest BCUT2D eigenvalue weighted by atomic mass is 79.9. The molecular weight excluding hydrogens is 647 g/mol. The third-order valence-electron chi connectivity index (χ3n) is 7.93. The van der Waals surface area contributed by atoms with Crippen molar-refractivity contribution in [2.45, 2.75) is 51.2 Å². The molecule has 0 amide bonds. The Bertz CT molecular complexity index is 1540. The standard InChI is InChI=1S/C27H30BrF5N6O4/c1-15(2)9-11-37-20-21(35(3)25(42)38(22(20)40)14-26(29,30)17-4-6-18(28)7-5-17)39(43-23(41)27(31,32)33)24(37)36-12-16-8-10-34-19(16)13-36/h4-7,9,16,19,24,34H,8,10-14H2,1-3H3. The molecule has 0 saturated carbocycles. The van der Waals surface area contributed by atoms with Crippen LogP contribution in [0.25, 0.3) is 0 Å². The molecule has 43 heavy (non-hydrogen) atoms. The average Bonchev–Trinajstić information content (AvgIpc) is 3.60. The third-order valence-corrected chi connectivity index (χ3v) is 8.46. The first-order valence-electron chi connectivity index (χ1n) is 13.5. The van der Waals surface area contributed by atoms with Gasteiger partial charge >= 0.3 is 17.8 Å². The Balaban J connectivity index is 1.66. The molecule has 3 unspecified atom stereocenters. The van der Waals surface area contributed by atoms with Crippen LogP contribution < -0.4 is 26.5 Å². The number of allylic oxidation sites excluding steroid dienone is 1. The van der Waals surface area contributed by atoms with Gasteiger partial charge in [-0.15, -0.1) is 5.06 Å². The van der Waals surface area contributed by atoms with Gasteiger partial charge in [0, 0.05) is 42.8 Å². The first-order chi connectivity index (χ1) is 20.1. The van der Waals surface area contributed by atoms with Crippen molar-refractivity contribution in [1.82, 2.24) is 19.4 Å². The largest absolute Gasteiger partial charge is 0.493 e. The zero-order chi connectivity index (χ0) is 31.4. The molecule has 3 aliphatic heterocycles. The molecule has 2 aromatic rings. The number of rotatable bonds is 7. The summed E-state index contributed by atoms with van der Waals surface area (Å²) in [4.78, 5) is 47.6. The van der Waals surface area contributed by atoms with Gasteiger partial charge in [-0.1, -0.05) is 39.7 Å². The van der Waals surface area contributed by atoms with Gasteiger partial charge in [0.15, 0.2) is 17.8 Å². The molecule has 3 atom stereocenters. The van der Waals surface area contributed by atoms with Gasteiger partial charge in [0.25, 0.3) is 11.5 Å². The van der Waals surface area contributed by atoms with Crippen LogP contribution in [-0.2, 0) is 29.1 Å². The molecule has 234 valence electrons. The summed E-state index contributed by atoms with van der Waals surface area (Å²) in [7, 11) is 1.13. The number of carbonyl (C=O) groups is 1. The van der Waals surface area contributed by atoms with Crippen molar-refractivity contribution in [1.29, 1.82) is 0 Å². The predicted molar refractivity (Wildman–Crippen MR) is 151 cm³/mol. The van der Waals surface area contributed by atoms with Gasteiger partial charge in [-0.25, -0.2) is 9.59 Å². The molecule has 2 fully saturated rings.